The van der Waals surface area contributed by atoms with E-state index in [0.717, 1.165) is 0 Å². The van der Waals surface area contributed by atoms with E-state index in [9.17, 15) is 19.8 Å². The number of aliphatic hydroxyl groups is 2. The number of methoxy groups -OCH3 is 1. The number of amides is 2. The third-order valence-corrected chi connectivity index (χ3v) is 3.50. The molecule has 0 spiro atoms. The van der Waals surface area contributed by atoms with Crippen LogP contribution in [0, 0.1) is 0 Å². The molecule has 0 aromatic carbocycles. The van der Waals surface area contributed by atoms with E-state index in [-0.39, 0.29) is 31.4 Å². The maximum atomic E-state index is 11.8. The third kappa shape index (κ3) is 6.80. The Kier molecular flexibility index (Phi) is 8.42. The first-order chi connectivity index (χ1) is 10.8. The van der Waals surface area contributed by atoms with Crippen molar-refractivity contribution in [3.63, 3.8) is 0 Å². The molecule has 1 aliphatic heterocycles. The smallest absolute Gasteiger partial charge is 0.246 e. The second kappa shape index (κ2) is 9.78. The van der Waals surface area contributed by atoms with Crippen LogP contribution in [-0.4, -0.2) is 98.8 Å². The van der Waals surface area contributed by atoms with Crippen LogP contribution in [0.25, 0.3) is 0 Å². The second-order valence-electron chi connectivity index (χ2n) is 5.79. The van der Waals surface area contributed by atoms with Crippen LogP contribution >= 0.6 is 0 Å². The maximum absolute atomic E-state index is 11.8. The molecule has 134 valence electrons. The fraction of sp³-hybridized carbons (Fsp3) is 0.857. The van der Waals surface area contributed by atoms with Gasteiger partial charge in [0.1, 0.15) is 24.9 Å². The zero-order valence-corrected chi connectivity index (χ0v) is 13.8. The van der Waals surface area contributed by atoms with Gasteiger partial charge in [0.2, 0.25) is 11.8 Å². The number of likely N-dealkylation sites (N-methyl/N-ethyl adjacent to an activating group) is 1. The summed E-state index contributed by atoms with van der Waals surface area (Å²) >= 11 is 0. The normalized spacial score (nSPS) is 27.2. The first-order valence-electron chi connectivity index (χ1n) is 7.53. The molecule has 0 aromatic rings. The van der Waals surface area contributed by atoms with Gasteiger partial charge in [0.05, 0.1) is 12.5 Å². The summed E-state index contributed by atoms with van der Waals surface area (Å²) in [5.41, 5.74) is 0. The lowest BCUT2D eigenvalue weighted by molar-refractivity contribution is -0.127. The molecular formula is C14H27N3O6. The SMILES string of the molecule is COCC(=O)NCC1OC(CC(=O)NCCN(C)C)C(O)C1O. The van der Waals surface area contributed by atoms with Crippen LogP contribution in [0.2, 0.25) is 0 Å². The van der Waals surface area contributed by atoms with Crippen LogP contribution in [0.15, 0.2) is 0 Å². The summed E-state index contributed by atoms with van der Waals surface area (Å²) in [7, 11) is 5.19. The number of aliphatic hydroxyl groups excluding tert-OH is 2. The number of carbonyl (C=O) groups excluding carboxylic acids is 2. The number of hydrogen-bond acceptors (Lipinski definition) is 7. The fourth-order valence-corrected chi connectivity index (χ4v) is 2.23. The van der Waals surface area contributed by atoms with Gasteiger partial charge >= 0.3 is 0 Å². The minimum absolute atomic E-state index is 0.0408. The molecular weight excluding hydrogens is 306 g/mol. The molecule has 4 N–H and O–H groups in total. The lowest BCUT2D eigenvalue weighted by atomic mass is 10.1. The molecule has 23 heavy (non-hydrogen) atoms. The Morgan fingerprint density at radius 2 is 1.78 bits per heavy atom. The molecule has 1 rings (SSSR count). The van der Waals surface area contributed by atoms with Crippen molar-refractivity contribution < 1.29 is 29.3 Å². The Bertz CT molecular complexity index is 393. The van der Waals surface area contributed by atoms with Crippen LogP contribution in [0.1, 0.15) is 6.42 Å². The predicted octanol–water partition coefficient (Wildman–Crippen LogP) is -2.69. The van der Waals surface area contributed by atoms with E-state index in [4.69, 9.17) is 4.74 Å². The Labute approximate surface area is 135 Å². The quantitative estimate of drug-likeness (QED) is 0.362. The van der Waals surface area contributed by atoms with Crippen molar-refractivity contribution in [3.05, 3.63) is 0 Å². The van der Waals surface area contributed by atoms with Gasteiger partial charge in [-0.1, -0.05) is 0 Å². The topological polar surface area (TPSA) is 120 Å². The summed E-state index contributed by atoms with van der Waals surface area (Å²) in [5, 5.41) is 25.1. The van der Waals surface area contributed by atoms with E-state index >= 15 is 0 Å². The Balaban J connectivity index is 2.37. The summed E-state index contributed by atoms with van der Waals surface area (Å²) in [4.78, 5) is 25.1. The molecule has 0 bridgehead atoms. The molecule has 9 heteroatoms. The molecule has 9 nitrogen and oxygen atoms in total. The van der Waals surface area contributed by atoms with E-state index < -0.39 is 24.4 Å². The fourth-order valence-electron chi connectivity index (χ4n) is 2.23. The first-order valence-corrected chi connectivity index (χ1v) is 7.53. The van der Waals surface area contributed by atoms with Crippen LogP contribution < -0.4 is 10.6 Å². The van der Waals surface area contributed by atoms with Crippen molar-refractivity contribution in [3.8, 4) is 0 Å². The average Bonchev–Trinajstić information content (AvgIpc) is 2.73. The zero-order chi connectivity index (χ0) is 17.4. The standard InChI is InChI=1S/C14H27N3O6/c1-17(2)5-4-15-11(18)6-9-13(20)14(21)10(23-9)7-16-12(19)8-22-3/h9-10,13-14,20-21H,4-8H2,1-3H3,(H,15,18)(H,16,19). The highest BCUT2D eigenvalue weighted by Crippen LogP contribution is 2.23. The van der Waals surface area contributed by atoms with Crippen LogP contribution in [-0.2, 0) is 19.1 Å². The van der Waals surface area contributed by atoms with E-state index in [1.54, 1.807) is 0 Å². The summed E-state index contributed by atoms with van der Waals surface area (Å²) in [6, 6.07) is 0. The van der Waals surface area contributed by atoms with Crippen molar-refractivity contribution in [2.75, 3.05) is 47.4 Å². The predicted molar refractivity (Wildman–Crippen MR) is 81.7 cm³/mol. The van der Waals surface area contributed by atoms with Crippen molar-refractivity contribution in [1.82, 2.24) is 15.5 Å². The third-order valence-electron chi connectivity index (χ3n) is 3.50. The van der Waals surface area contributed by atoms with Gasteiger partial charge in [-0.15, -0.1) is 0 Å². The maximum Gasteiger partial charge on any atom is 0.246 e. The number of nitrogens with zero attached hydrogens (tertiary/aromatic N) is 1. The van der Waals surface area contributed by atoms with Gasteiger partial charge in [0, 0.05) is 26.7 Å². The minimum atomic E-state index is -1.17. The number of nitrogens with one attached hydrogen (secondary N) is 2. The van der Waals surface area contributed by atoms with Crippen LogP contribution in [0.5, 0.6) is 0 Å². The van der Waals surface area contributed by atoms with Gasteiger partial charge in [-0.3, -0.25) is 9.59 Å². The molecule has 1 aliphatic rings. The summed E-state index contributed by atoms with van der Waals surface area (Å²) in [6.45, 7) is 1.15. The Morgan fingerprint density at radius 3 is 2.39 bits per heavy atom. The number of hydrogen-bond donors (Lipinski definition) is 4. The highest BCUT2D eigenvalue weighted by molar-refractivity contribution is 5.77. The number of ether oxygens (including phenoxy) is 2. The van der Waals surface area contributed by atoms with Crippen LogP contribution in [0.4, 0.5) is 0 Å². The van der Waals surface area contributed by atoms with E-state index in [1.165, 1.54) is 7.11 Å². The van der Waals surface area contributed by atoms with Crippen molar-refractivity contribution in [1.29, 1.82) is 0 Å². The van der Waals surface area contributed by atoms with Crippen LogP contribution in [0.3, 0.4) is 0 Å². The summed E-state index contributed by atoms with van der Waals surface area (Å²) in [5.74, 6) is -0.602. The first kappa shape index (κ1) is 19.8. The molecule has 0 aromatic heterocycles. The number of carbonyl (C=O) groups is 2. The monoisotopic (exact) mass is 333 g/mol. The lowest BCUT2D eigenvalue weighted by Crippen LogP contribution is -2.41. The lowest BCUT2D eigenvalue weighted by Gasteiger charge is -2.15. The largest absolute Gasteiger partial charge is 0.388 e. The number of rotatable bonds is 9. The molecule has 0 saturated carbocycles. The van der Waals surface area contributed by atoms with E-state index in [0.29, 0.717) is 13.1 Å². The van der Waals surface area contributed by atoms with Gasteiger partial charge in [0.15, 0.2) is 0 Å². The van der Waals surface area contributed by atoms with Crippen molar-refractivity contribution in [2.24, 2.45) is 0 Å². The van der Waals surface area contributed by atoms with Gasteiger partial charge in [-0.25, -0.2) is 0 Å². The summed E-state index contributed by atoms with van der Waals surface area (Å²) < 4.78 is 10.2. The van der Waals surface area contributed by atoms with Gasteiger partial charge in [0.25, 0.3) is 0 Å². The Hall–Kier alpha value is -1.26. The molecule has 1 saturated heterocycles. The van der Waals surface area contributed by atoms with Crippen molar-refractivity contribution in [2.45, 2.75) is 30.8 Å². The average molecular weight is 333 g/mol. The second-order valence-corrected chi connectivity index (χ2v) is 5.79. The van der Waals surface area contributed by atoms with Gasteiger partial charge in [-0.2, -0.15) is 0 Å². The highest BCUT2D eigenvalue weighted by atomic mass is 16.5. The molecule has 0 aliphatic carbocycles. The highest BCUT2D eigenvalue weighted by Gasteiger charge is 2.43. The van der Waals surface area contributed by atoms with E-state index in [1.807, 2.05) is 19.0 Å². The zero-order valence-electron chi connectivity index (χ0n) is 13.8. The van der Waals surface area contributed by atoms with E-state index in [2.05, 4.69) is 15.4 Å². The van der Waals surface area contributed by atoms with Crippen molar-refractivity contribution >= 4 is 11.8 Å². The molecule has 4 atom stereocenters. The molecule has 4 unspecified atom stereocenters. The molecule has 0 radical (unpaired) electrons. The minimum Gasteiger partial charge on any atom is -0.388 e. The molecule has 2 amide bonds. The van der Waals surface area contributed by atoms with Gasteiger partial charge < -0.3 is 35.2 Å². The Morgan fingerprint density at radius 1 is 1.13 bits per heavy atom. The molecule has 1 fully saturated rings. The summed E-state index contributed by atoms with van der Waals surface area (Å²) in [6.07, 6.45) is -3.93. The molecule has 1 heterocycles. The van der Waals surface area contributed by atoms with Gasteiger partial charge in [-0.05, 0) is 14.1 Å².